The van der Waals surface area contributed by atoms with Crippen molar-refractivity contribution in [3.05, 3.63) is 11.1 Å². The number of nitrogens with one attached hydrogen (secondary N) is 1. The summed E-state index contributed by atoms with van der Waals surface area (Å²) >= 11 is 0. The molecule has 1 amide bonds. The summed E-state index contributed by atoms with van der Waals surface area (Å²) < 4.78 is 0. The number of unbranched alkanes of at least 4 members (excludes halogenated alkanes) is 12. The molecule has 1 radical (unpaired) electrons. The van der Waals surface area contributed by atoms with Gasteiger partial charge >= 0.3 is 6.41 Å². The SMILES string of the molecule is CC1=C(CCCCCCCCCCCCCCCO)C(C)(C)CCC1N[C]=O. The average molecular weight is 393 g/mol. The highest BCUT2D eigenvalue weighted by molar-refractivity contribution is 5.49. The lowest BCUT2D eigenvalue weighted by Crippen LogP contribution is -2.36. The van der Waals surface area contributed by atoms with E-state index in [1.807, 2.05) is 6.41 Å². The van der Waals surface area contributed by atoms with Gasteiger partial charge in [-0.1, -0.05) is 95.6 Å². The Balaban J connectivity index is 2.06. The molecule has 1 unspecified atom stereocenters. The third-order valence-corrected chi connectivity index (χ3v) is 6.69. The van der Waals surface area contributed by atoms with Crippen LogP contribution in [-0.2, 0) is 4.79 Å². The van der Waals surface area contributed by atoms with Crippen LogP contribution in [0.4, 0.5) is 0 Å². The summed E-state index contributed by atoms with van der Waals surface area (Å²) in [7, 11) is 0. The van der Waals surface area contributed by atoms with E-state index < -0.39 is 0 Å². The molecule has 0 aromatic carbocycles. The number of aliphatic hydroxyl groups excluding tert-OH is 1. The maximum atomic E-state index is 10.7. The normalized spacial score (nSPS) is 19.1. The number of amides is 1. The second kappa shape index (κ2) is 15.1. The monoisotopic (exact) mass is 392 g/mol. The summed E-state index contributed by atoms with van der Waals surface area (Å²) in [5, 5.41) is 11.6. The molecule has 1 aliphatic rings. The topological polar surface area (TPSA) is 49.3 Å². The third kappa shape index (κ3) is 10.1. The molecule has 0 bridgehead atoms. The Kier molecular flexibility index (Phi) is 13.6. The molecule has 3 heteroatoms. The molecule has 0 fully saturated rings. The van der Waals surface area contributed by atoms with Gasteiger partial charge in [0.1, 0.15) is 0 Å². The zero-order valence-electron chi connectivity index (χ0n) is 19.0. The summed E-state index contributed by atoms with van der Waals surface area (Å²) in [6, 6.07) is 0.204. The van der Waals surface area contributed by atoms with Crippen LogP contribution in [0.15, 0.2) is 11.1 Å². The molecule has 0 saturated heterocycles. The molecule has 0 aromatic heterocycles. The molecule has 28 heavy (non-hydrogen) atoms. The fourth-order valence-electron chi connectivity index (χ4n) is 4.76. The highest BCUT2D eigenvalue weighted by Crippen LogP contribution is 2.42. The van der Waals surface area contributed by atoms with Crippen LogP contribution in [-0.4, -0.2) is 24.2 Å². The van der Waals surface area contributed by atoms with Gasteiger partial charge in [-0.2, -0.15) is 0 Å². The van der Waals surface area contributed by atoms with Crippen LogP contribution in [0.1, 0.15) is 124 Å². The van der Waals surface area contributed by atoms with Gasteiger partial charge in [-0.25, -0.2) is 0 Å². The number of hydrogen-bond acceptors (Lipinski definition) is 2. The Morgan fingerprint density at radius 2 is 1.36 bits per heavy atom. The first-order valence-corrected chi connectivity index (χ1v) is 12.0. The van der Waals surface area contributed by atoms with Crippen LogP contribution >= 0.6 is 0 Å². The molecule has 1 aliphatic carbocycles. The minimum Gasteiger partial charge on any atom is -0.396 e. The van der Waals surface area contributed by atoms with Crippen LogP contribution in [0.5, 0.6) is 0 Å². The van der Waals surface area contributed by atoms with E-state index in [0.29, 0.717) is 6.61 Å². The Bertz CT molecular complexity index is 442. The van der Waals surface area contributed by atoms with Gasteiger partial charge in [0.25, 0.3) is 0 Å². The van der Waals surface area contributed by atoms with Gasteiger partial charge in [-0.05, 0) is 44.4 Å². The van der Waals surface area contributed by atoms with Crippen molar-refractivity contribution >= 4 is 6.41 Å². The standard InChI is InChI=1S/C25H46NO2/c1-22-23(25(2,3)19-18-24(22)26-21-28)17-15-13-11-9-7-5-4-6-8-10-12-14-16-20-27/h24,27H,4-20H2,1-3H3,(H,26,28). The molecular formula is C25H46NO2. The molecule has 1 atom stereocenters. The van der Waals surface area contributed by atoms with Crippen molar-refractivity contribution in [2.45, 2.75) is 130 Å². The van der Waals surface area contributed by atoms with Crippen molar-refractivity contribution in [3.63, 3.8) is 0 Å². The predicted molar refractivity (Wildman–Crippen MR) is 120 cm³/mol. The van der Waals surface area contributed by atoms with E-state index in [9.17, 15) is 4.79 Å². The lowest BCUT2D eigenvalue weighted by Gasteiger charge is -2.38. The average Bonchev–Trinajstić information content (AvgIpc) is 2.66. The van der Waals surface area contributed by atoms with Crippen LogP contribution in [0, 0.1) is 5.41 Å². The second-order valence-electron chi connectivity index (χ2n) is 9.45. The summed E-state index contributed by atoms with van der Waals surface area (Å²) in [4.78, 5) is 10.7. The second-order valence-corrected chi connectivity index (χ2v) is 9.45. The first-order valence-electron chi connectivity index (χ1n) is 12.0. The van der Waals surface area contributed by atoms with Crippen LogP contribution in [0.2, 0.25) is 0 Å². The molecule has 163 valence electrons. The third-order valence-electron chi connectivity index (χ3n) is 6.69. The zero-order chi connectivity index (χ0) is 20.7. The number of hydrogen-bond donors (Lipinski definition) is 2. The number of carbonyl (C=O) groups excluding carboxylic acids is 1. The molecule has 0 saturated carbocycles. The molecule has 2 N–H and O–H groups in total. The molecular weight excluding hydrogens is 346 g/mol. The summed E-state index contributed by atoms with van der Waals surface area (Å²) in [6.45, 7) is 7.28. The molecule has 0 spiro atoms. The summed E-state index contributed by atoms with van der Waals surface area (Å²) in [6.07, 6.45) is 22.3. The van der Waals surface area contributed by atoms with Crippen molar-refractivity contribution in [1.82, 2.24) is 5.32 Å². The Hall–Kier alpha value is -0.830. The summed E-state index contributed by atoms with van der Waals surface area (Å²) in [5.74, 6) is 0. The summed E-state index contributed by atoms with van der Waals surface area (Å²) in [5.41, 5.74) is 3.24. The number of allylic oxidation sites excluding steroid dienone is 1. The highest BCUT2D eigenvalue weighted by atomic mass is 16.2. The first-order chi connectivity index (χ1) is 13.5. The van der Waals surface area contributed by atoms with Crippen molar-refractivity contribution in [1.29, 1.82) is 0 Å². The minimum atomic E-state index is 0.204. The Morgan fingerprint density at radius 3 is 1.82 bits per heavy atom. The quantitative estimate of drug-likeness (QED) is 0.166. The van der Waals surface area contributed by atoms with Crippen molar-refractivity contribution in [3.8, 4) is 0 Å². The van der Waals surface area contributed by atoms with Gasteiger partial charge in [0.2, 0.25) is 0 Å². The van der Waals surface area contributed by atoms with E-state index >= 15 is 0 Å². The minimum absolute atomic E-state index is 0.204. The lowest BCUT2D eigenvalue weighted by atomic mass is 9.69. The molecule has 0 aliphatic heterocycles. The Morgan fingerprint density at radius 1 is 0.893 bits per heavy atom. The van der Waals surface area contributed by atoms with Gasteiger partial charge in [0, 0.05) is 6.61 Å². The van der Waals surface area contributed by atoms with E-state index in [1.165, 1.54) is 89.0 Å². The first kappa shape index (κ1) is 25.2. The molecule has 0 heterocycles. The predicted octanol–water partition coefficient (Wildman–Crippen LogP) is 6.60. The van der Waals surface area contributed by atoms with E-state index in [1.54, 1.807) is 5.57 Å². The van der Waals surface area contributed by atoms with Crippen LogP contribution in [0.3, 0.4) is 0 Å². The van der Waals surface area contributed by atoms with Crippen LogP contribution < -0.4 is 5.32 Å². The fraction of sp³-hybridized carbons (Fsp3) is 0.880. The van der Waals surface area contributed by atoms with E-state index in [0.717, 1.165) is 19.3 Å². The van der Waals surface area contributed by atoms with Gasteiger partial charge in [0.05, 0.1) is 6.04 Å². The Labute approximate surface area is 174 Å². The van der Waals surface area contributed by atoms with Gasteiger partial charge < -0.3 is 10.4 Å². The van der Waals surface area contributed by atoms with Crippen molar-refractivity contribution < 1.29 is 9.90 Å². The van der Waals surface area contributed by atoms with Gasteiger partial charge in [0.15, 0.2) is 0 Å². The fourth-order valence-corrected chi connectivity index (χ4v) is 4.76. The van der Waals surface area contributed by atoms with Crippen LogP contribution in [0.25, 0.3) is 0 Å². The van der Waals surface area contributed by atoms with E-state index in [2.05, 4.69) is 26.1 Å². The molecule has 3 nitrogen and oxygen atoms in total. The molecule has 0 aromatic rings. The maximum absolute atomic E-state index is 10.7. The number of rotatable bonds is 17. The smallest absolute Gasteiger partial charge is 0.309 e. The van der Waals surface area contributed by atoms with Crippen molar-refractivity contribution in [2.75, 3.05) is 6.61 Å². The zero-order valence-corrected chi connectivity index (χ0v) is 19.0. The molecule has 1 rings (SSSR count). The maximum Gasteiger partial charge on any atom is 0.309 e. The lowest BCUT2D eigenvalue weighted by molar-refractivity contribution is 0.282. The van der Waals surface area contributed by atoms with E-state index in [4.69, 9.17) is 5.11 Å². The van der Waals surface area contributed by atoms with E-state index in [-0.39, 0.29) is 11.5 Å². The van der Waals surface area contributed by atoms with Crippen molar-refractivity contribution in [2.24, 2.45) is 5.41 Å². The number of aliphatic hydroxyl groups is 1. The highest BCUT2D eigenvalue weighted by Gasteiger charge is 2.32. The van der Waals surface area contributed by atoms with Gasteiger partial charge in [-0.15, -0.1) is 0 Å². The largest absolute Gasteiger partial charge is 0.396 e. The van der Waals surface area contributed by atoms with Gasteiger partial charge in [-0.3, -0.25) is 4.79 Å².